The van der Waals surface area contributed by atoms with E-state index in [1.807, 2.05) is 6.07 Å². The van der Waals surface area contributed by atoms with E-state index in [4.69, 9.17) is 39.5 Å². The van der Waals surface area contributed by atoms with Crippen molar-refractivity contribution in [3.8, 4) is 28.7 Å². The number of amides is 4. The van der Waals surface area contributed by atoms with Crippen LogP contribution < -0.4 is 34.9 Å². The smallest absolute Gasteiger partial charge is 0.257 e. The molecule has 3 N–H and O–H groups in total. The Bertz CT molecular complexity index is 2140. The summed E-state index contributed by atoms with van der Waals surface area (Å²) in [6, 6.07) is 6.02. The van der Waals surface area contributed by atoms with Crippen LogP contribution in [0.15, 0.2) is 40.9 Å². The number of fused-ring (bicyclic) bond motifs is 1. The van der Waals surface area contributed by atoms with Crippen molar-refractivity contribution in [3.05, 3.63) is 63.1 Å². The van der Waals surface area contributed by atoms with E-state index >= 15 is 0 Å². The molecular formula is C31H33BrN4O8. The van der Waals surface area contributed by atoms with Gasteiger partial charge in [0, 0.05) is 22.2 Å². The van der Waals surface area contributed by atoms with E-state index in [9.17, 15) is 19.2 Å². The monoisotopic (exact) mass is 683 g/mol. The average molecular weight is 685 g/mol. The summed E-state index contributed by atoms with van der Waals surface area (Å²) in [5.74, 6) is -7.89. The highest BCUT2D eigenvalue weighted by Crippen LogP contribution is 2.45. The van der Waals surface area contributed by atoms with Crippen molar-refractivity contribution in [3.63, 3.8) is 0 Å². The summed E-state index contributed by atoms with van der Waals surface area (Å²) < 4.78 is 134. The normalized spacial score (nSPS) is 20.4. The van der Waals surface area contributed by atoms with Crippen molar-refractivity contribution in [2.45, 2.75) is 26.3 Å². The lowest BCUT2D eigenvalue weighted by molar-refractivity contribution is -0.131. The van der Waals surface area contributed by atoms with E-state index in [-0.39, 0.29) is 33.3 Å². The Labute approximate surface area is 284 Å². The maximum Gasteiger partial charge on any atom is 0.257 e. The first-order valence-electron chi connectivity index (χ1n) is 19.9. The van der Waals surface area contributed by atoms with Crippen molar-refractivity contribution in [2.24, 2.45) is 0 Å². The molecule has 13 heteroatoms. The van der Waals surface area contributed by atoms with Crippen LogP contribution in [0.3, 0.4) is 0 Å². The minimum Gasteiger partial charge on any atom is -0.493 e. The number of anilines is 2. The predicted molar refractivity (Wildman–Crippen MR) is 167 cm³/mol. The van der Waals surface area contributed by atoms with Crippen LogP contribution in [-0.4, -0.2) is 69.6 Å². The lowest BCUT2D eigenvalue weighted by Gasteiger charge is -2.19. The third-order valence-corrected chi connectivity index (χ3v) is 7.03. The summed E-state index contributed by atoms with van der Waals surface area (Å²) in [6.07, 6.45) is -1.10. The summed E-state index contributed by atoms with van der Waals surface area (Å²) in [5.41, 5.74) is -0.101. The van der Waals surface area contributed by atoms with E-state index < -0.39 is 98.4 Å². The van der Waals surface area contributed by atoms with Crippen LogP contribution in [0.1, 0.15) is 58.8 Å². The van der Waals surface area contributed by atoms with Gasteiger partial charge in [-0.25, -0.2) is 0 Å². The highest BCUT2D eigenvalue weighted by Gasteiger charge is 2.32. The third kappa shape index (κ3) is 6.72. The molecule has 0 bridgehead atoms. The van der Waals surface area contributed by atoms with Gasteiger partial charge in [0.05, 0.1) is 66.8 Å². The molecular weight excluding hydrogens is 636 g/mol. The molecule has 3 aromatic carbocycles. The summed E-state index contributed by atoms with van der Waals surface area (Å²) in [5, 5.41) is 7.08. The maximum atomic E-state index is 14.1. The minimum absolute atomic E-state index is 0.183. The molecule has 0 unspecified atom stereocenters. The molecule has 4 rings (SSSR count). The molecule has 0 saturated heterocycles. The van der Waals surface area contributed by atoms with Crippen LogP contribution in [0.2, 0.25) is 0 Å². The molecule has 0 saturated carbocycles. The first-order valence-corrected chi connectivity index (χ1v) is 13.2. The zero-order valence-corrected chi connectivity index (χ0v) is 24.4. The average Bonchev–Trinajstić information content (AvgIpc) is 3.11. The quantitative estimate of drug-likeness (QED) is 0.295. The van der Waals surface area contributed by atoms with Crippen molar-refractivity contribution in [2.75, 3.05) is 45.7 Å². The molecule has 0 radical (unpaired) electrons. The fourth-order valence-corrected chi connectivity index (χ4v) is 4.87. The van der Waals surface area contributed by atoms with Crippen molar-refractivity contribution in [1.82, 2.24) is 10.2 Å². The molecule has 1 heterocycles. The van der Waals surface area contributed by atoms with Gasteiger partial charge in [-0.3, -0.25) is 19.2 Å². The van der Waals surface area contributed by atoms with Crippen LogP contribution in [-0.2, 0) is 9.59 Å². The number of ether oxygens (including phenoxy) is 4. The lowest BCUT2D eigenvalue weighted by atomic mass is 10.1. The molecule has 12 nitrogen and oxygen atoms in total. The Balaban J connectivity index is 1.86. The molecule has 44 heavy (non-hydrogen) atoms. The standard InChI is InChI=1S/C31H33BrN4O8/c1-15-8-16(2)10-17(9-15)44-23-11-18-20(33-31(40)22(35-29(18)38)14-25(37)36(3)4)13-21(23)34-30(39)19-12-24(41-5)27(42-6)28(43-7)26(19)32/h8-13,22H,14H2,1-7H3,(H,33,40)(H,34,39)(H,35,38)/t22-/m0/s1/i3D3,4D3,5D3,6D3,7D3. The van der Waals surface area contributed by atoms with E-state index in [0.717, 1.165) is 23.3 Å². The highest BCUT2D eigenvalue weighted by atomic mass is 79.9. The van der Waals surface area contributed by atoms with Gasteiger partial charge in [0.25, 0.3) is 11.8 Å². The molecule has 3 aromatic rings. The molecule has 0 spiro atoms. The zero-order chi connectivity index (χ0) is 44.8. The van der Waals surface area contributed by atoms with E-state index in [0.29, 0.717) is 6.07 Å². The third-order valence-electron chi connectivity index (χ3n) is 6.24. The van der Waals surface area contributed by atoms with Crippen LogP contribution in [0, 0.1) is 13.8 Å². The second kappa shape index (κ2) is 13.2. The Morgan fingerprint density at radius 2 is 1.66 bits per heavy atom. The van der Waals surface area contributed by atoms with Gasteiger partial charge in [-0.1, -0.05) is 6.07 Å². The number of aryl methyl sites for hydroxylation is 2. The van der Waals surface area contributed by atoms with E-state index in [1.54, 1.807) is 26.0 Å². The highest BCUT2D eigenvalue weighted by molar-refractivity contribution is 9.10. The van der Waals surface area contributed by atoms with Crippen LogP contribution >= 0.6 is 15.9 Å². The van der Waals surface area contributed by atoms with Gasteiger partial charge in [0.15, 0.2) is 17.2 Å². The number of carbonyl (C=O) groups is 4. The molecule has 0 aromatic heterocycles. The number of benzene rings is 3. The zero-order valence-electron chi connectivity index (χ0n) is 37.8. The van der Waals surface area contributed by atoms with Gasteiger partial charge < -0.3 is 39.8 Å². The summed E-state index contributed by atoms with van der Waals surface area (Å²) in [7, 11) is -9.96. The van der Waals surface area contributed by atoms with Crippen LogP contribution in [0.4, 0.5) is 11.4 Å². The molecule has 0 fully saturated rings. The van der Waals surface area contributed by atoms with E-state index in [2.05, 4.69) is 31.9 Å². The maximum absolute atomic E-state index is 14.1. The predicted octanol–water partition coefficient (Wildman–Crippen LogP) is 4.67. The van der Waals surface area contributed by atoms with Crippen molar-refractivity contribution < 1.29 is 58.7 Å². The molecule has 1 aliphatic heterocycles. The van der Waals surface area contributed by atoms with Gasteiger partial charge in [0.2, 0.25) is 17.6 Å². The molecule has 4 amide bonds. The Kier molecular flexibility index (Phi) is 5.27. The first-order chi connectivity index (χ1) is 26.7. The van der Waals surface area contributed by atoms with Gasteiger partial charge in [-0.15, -0.1) is 0 Å². The summed E-state index contributed by atoms with van der Waals surface area (Å²) in [6.45, 7) is -3.39. The minimum atomic E-state index is -3.44. The van der Waals surface area contributed by atoms with Gasteiger partial charge >= 0.3 is 0 Å². The molecule has 0 aliphatic carbocycles. The SMILES string of the molecule is [2H]C([2H])([2H])Oc1cc(C(=O)Nc2cc3c(cc2Oc2cc(C)cc(C)c2)C(=O)N[C@@H](CC(=O)N(C([2H])([2H])[2H])C([2H])([2H])[2H])C(=O)N3)c(Br)c(OC([2H])([2H])[2H])c1OC([2H])([2H])[2H]. The lowest BCUT2D eigenvalue weighted by Crippen LogP contribution is -2.44. The number of carbonyl (C=O) groups excluding carboxylic acids is 4. The first kappa shape index (κ1) is 17.5. The number of methoxy groups -OCH3 is 3. The molecule has 1 atom stereocenters. The van der Waals surface area contributed by atoms with Gasteiger partial charge in [0.1, 0.15) is 11.8 Å². The molecule has 1 aliphatic rings. The number of nitrogens with zero attached hydrogens (tertiary/aromatic N) is 1. The Morgan fingerprint density at radius 3 is 2.34 bits per heavy atom. The number of hydrogen-bond donors (Lipinski definition) is 3. The van der Waals surface area contributed by atoms with Gasteiger partial charge in [-0.2, -0.15) is 0 Å². The number of nitrogens with one attached hydrogen (secondary N) is 3. The fourth-order valence-electron chi connectivity index (χ4n) is 4.32. The number of hydrogen-bond acceptors (Lipinski definition) is 8. The van der Waals surface area contributed by atoms with E-state index in [1.165, 1.54) is 0 Å². The fraction of sp³-hybridized carbons (Fsp3) is 0.290. The number of rotatable bonds is 9. The Morgan fingerprint density at radius 1 is 0.955 bits per heavy atom. The van der Waals surface area contributed by atoms with Crippen LogP contribution in [0.25, 0.3) is 0 Å². The second-order valence-electron chi connectivity index (χ2n) is 9.42. The number of halogens is 1. The van der Waals surface area contributed by atoms with Crippen molar-refractivity contribution >= 4 is 50.9 Å². The van der Waals surface area contributed by atoms with Crippen LogP contribution in [0.5, 0.6) is 28.7 Å². The largest absolute Gasteiger partial charge is 0.493 e. The second-order valence-corrected chi connectivity index (χ2v) is 10.2. The summed E-state index contributed by atoms with van der Waals surface area (Å²) >= 11 is 3.02. The summed E-state index contributed by atoms with van der Waals surface area (Å²) in [4.78, 5) is 53.7. The Hall–Kier alpha value is -4.78. The van der Waals surface area contributed by atoms with Gasteiger partial charge in [-0.05, 0) is 71.2 Å². The molecule has 232 valence electrons. The van der Waals surface area contributed by atoms with Crippen molar-refractivity contribution in [1.29, 1.82) is 0 Å². The topological polar surface area (TPSA) is 145 Å².